The highest BCUT2D eigenvalue weighted by Crippen LogP contribution is 2.43. The van der Waals surface area contributed by atoms with Crippen LogP contribution in [0.5, 0.6) is 0 Å². The molecular formula is C32H33N3O4S. The maximum absolute atomic E-state index is 13.1. The van der Waals surface area contributed by atoms with Crippen molar-refractivity contribution in [1.82, 2.24) is 5.32 Å². The van der Waals surface area contributed by atoms with E-state index in [1.165, 1.54) is 0 Å². The molecule has 1 amide bonds. The Balaban J connectivity index is 0.00000142. The van der Waals surface area contributed by atoms with Crippen LogP contribution in [0.2, 0.25) is 0 Å². The average molecular weight is 556 g/mol. The summed E-state index contributed by atoms with van der Waals surface area (Å²) in [6, 6.07) is 19.7. The van der Waals surface area contributed by atoms with E-state index in [4.69, 9.17) is 9.15 Å². The van der Waals surface area contributed by atoms with Crippen molar-refractivity contribution in [2.45, 2.75) is 32.2 Å². The first-order chi connectivity index (χ1) is 19.6. The third kappa shape index (κ3) is 4.56. The molecule has 7 nitrogen and oxygen atoms in total. The molecule has 2 fully saturated rings. The van der Waals surface area contributed by atoms with E-state index in [9.17, 15) is 9.59 Å². The Labute approximate surface area is 236 Å². The standard InChI is InChI=1S/C30H27N3O4S.C2H6/c1-31-30(10-11-30)29(35)32-18-8-9-25-23(16-18)21-6-3-5-20(28(21)38-25)19-4-2-7-22-24(34)17-26(37-27(19)22)33-12-14-36-15-13-33;1-2/h2-9,16-17,31H,10-15H2,1H3,(H,32,35);1-2H3. The van der Waals surface area contributed by atoms with E-state index in [1.54, 1.807) is 17.4 Å². The topological polar surface area (TPSA) is 83.8 Å². The molecule has 40 heavy (non-hydrogen) atoms. The molecule has 2 N–H and O–H groups in total. The Kier molecular flexibility index (Phi) is 7.08. The zero-order valence-electron chi connectivity index (χ0n) is 23.0. The fraction of sp³-hybridized carbons (Fsp3) is 0.312. The summed E-state index contributed by atoms with van der Waals surface area (Å²) < 4.78 is 14.2. The number of para-hydroxylation sites is 1. The van der Waals surface area contributed by atoms with Crippen molar-refractivity contribution in [2.75, 3.05) is 43.6 Å². The lowest BCUT2D eigenvalue weighted by molar-refractivity contribution is -0.118. The monoisotopic (exact) mass is 555 g/mol. The molecule has 8 heteroatoms. The molecule has 2 aliphatic rings. The Hall–Kier alpha value is -3.72. The first kappa shape index (κ1) is 26.5. The van der Waals surface area contributed by atoms with E-state index in [1.807, 2.05) is 51.2 Å². The van der Waals surface area contributed by atoms with Gasteiger partial charge < -0.3 is 24.7 Å². The van der Waals surface area contributed by atoms with Gasteiger partial charge in [0.25, 0.3) is 0 Å². The molecule has 1 saturated heterocycles. The normalized spacial score (nSPS) is 16.1. The van der Waals surface area contributed by atoms with Crippen molar-refractivity contribution < 1.29 is 13.9 Å². The average Bonchev–Trinajstić information content (AvgIpc) is 3.73. The lowest BCUT2D eigenvalue weighted by atomic mass is 10.0. The molecule has 3 heterocycles. The number of benzene rings is 3. The van der Waals surface area contributed by atoms with Crippen LogP contribution in [-0.2, 0) is 9.53 Å². The quantitative estimate of drug-likeness (QED) is 0.262. The van der Waals surface area contributed by atoms with Crippen LogP contribution in [0.3, 0.4) is 0 Å². The highest BCUT2D eigenvalue weighted by molar-refractivity contribution is 7.26. The van der Waals surface area contributed by atoms with E-state index in [0.717, 1.165) is 49.8 Å². The van der Waals surface area contributed by atoms with Crippen molar-refractivity contribution in [3.8, 4) is 11.1 Å². The number of amides is 1. The molecule has 0 atom stereocenters. The summed E-state index contributed by atoms with van der Waals surface area (Å²) in [4.78, 5) is 27.9. The maximum atomic E-state index is 13.1. The van der Waals surface area contributed by atoms with Crippen LogP contribution in [0.25, 0.3) is 42.3 Å². The van der Waals surface area contributed by atoms with Crippen LogP contribution < -0.4 is 21.0 Å². The van der Waals surface area contributed by atoms with Crippen LogP contribution in [0, 0.1) is 0 Å². The first-order valence-electron chi connectivity index (χ1n) is 13.9. The minimum Gasteiger partial charge on any atom is -0.440 e. The van der Waals surface area contributed by atoms with Crippen LogP contribution in [0.1, 0.15) is 26.7 Å². The lowest BCUT2D eigenvalue weighted by Gasteiger charge is -2.27. The van der Waals surface area contributed by atoms with Crippen molar-refractivity contribution >= 4 is 60.0 Å². The predicted molar refractivity (Wildman–Crippen MR) is 165 cm³/mol. The lowest BCUT2D eigenvalue weighted by Crippen LogP contribution is -2.40. The van der Waals surface area contributed by atoms with E-state index in [0.29, 0.717) is 43.2 Å². The summed E-state index contributed by atoms with van der Waals surface area (Å²) in [5.74, 6) is 0.596. The number of rotatable bonds is 5. The fourth-order valence-electron chi connectivity index (χ4n) is 5.37. The van der Waals surface area contributed by atoms with Gasteiger partial charge in [0.05, 0.1) is 24.1 Å². The number of thiophene rings is 1. The summed E-state index contributed by atoms with van der Waals surface area (Å²) in [6.07, 6.45) is 1.72. The largest absolute Gasteiger partial charge is 0.440 e. The number of hydrogen-bond donors (Lipinski definition) is 2. The Morgan fingerprint density at radius 1 is 0.925 bits per heavy atom. The first-order valence-corrected chi connectivity index (χ1v) is 14.7. The second-order valence-corrected chi connectivity index (χ2v) is 11.1. The highest BCUT2D eigenvalue weighted by atomic mass is 32.1. The molecule has 206 valence electrons. The number of hydrogen-bond acceptors (Lipinski definition) is 7. The molecule has 5 aromatic rings. The molecular weight excluding hydrogens is 522 g/mol. The number of likely N-dealkylation sites (N-methyl/N-ethyl adjacent to an activating group) is 1. The second kappa shape index (κ2) is 10.7. The third-order valence-corrected chi connectivity index (χ3v) is 8.99. The molecule has 0 unspecified atom stereocenters. The maximum Gasteiger partial charge on any atom is 0.244 e. The van der Waals surface area contributed by atoms with Gasteiger partial charge in [-0.25, -0.2) is 0 Å². The molecule has 7 rings (SSSR count). The van der Waals surface area contributed by atoms with Gasteiger partial charge in [0, 0.05) is 56.1 Å². The minimum atomic E-state index is -0.433. The fourth-order valence-corrected chi connectivity index (χ4v) is 6.58. The predicted octanol–water partition coefficient (Wildman–Crippen LogP) is 6.38. The summed E-state index contributed by atoms with van der Waals surface area (Å²) in [5, 5.41) is 9.02. The molecule has 0 bridgehead atoms. The number of nitrogens with zero attached hydrogens (tertiary/aromatic N) is 1. The second-order valence-electron chi connectivity index (χ2n) is 10.0. The molecule has 0 spiro atoms. The van der Waals surface area contributed by atoms with Gasteiger partial charge in [0.15, 0.2) is 11.3 Å². The van der Waals surface area contributed by atoms with Gasteiger partial charge >= 0.3 is 0 Å². The van der Waals surface area contributed by atoms with E-state index in [-0.39, 0.29) is 11.3 Å². The van der Waals surface area contributed by atoms with Gasteiger partial charge in [-0.1, -0.05) is 44.2 Å². The van der Waals surface area contributed by atoms with Gasteiger partial charge in [-0.05, 0) is 44.2 Å². The van der Waals surface area contributed by atoms with Gasteiger partial charge in [0.1, 0.15) is 5.58 Å². The van der Waals surface area contributed by atoms with Gasteiger partial charge in [-0.3, -0.25) is 9.59 Å². The van der Waals surface area contributed by atoms with Gasteiger partial charge in [0.2, 0.25) is 5.91 Å². The van der Waals surface area contributed by atoms with Crippen molar-refractivity contribution in [3.05, 3.63) is 70.9 Å². The smallest absolute Gasteiger partial charge is 0.244 e. The Morgan fingerprint density at radius 2 is 1.65 bits per heavy atom. The van der Waals surface area contributed by atoms with Crippen molar-refractivity contribution in [3.63, 3.8) is 0 Å². The number of ether oxygens (including phenoxy) is 1. The summed E-state index contributed by atoms with van der Waals surface area (Å²) in [6.45, 7) is 6.61. The van der Waals surface area contributed by atoms with Crippen LogP contribution >= 0.6 is 11.3 Å². The number of fused-ring (bicyclic) bond motifs is 4. The summed E-state index contributed by atoms with van der Waals surface area (Å²) >= 11 is 1.71. The van der Waals surface area contributed by atoms with Crippen molar-refractivity contribution in [2.24, 2.45) is 0 Å². The van der Waals surface area contributed by atoms with Gasteiger partial charge in [-0.15, -0.1) is 11.3 Å². The Morgan fingerprint density at radius 3 is 2.38 bits per heavy atom. The minimum absolute atomic E-state index is 0.0152. The molecule has 1 saturated carbocycles. The van der Waals surface area contributed by atoms with Crippen molar-refractivity contribution in [1.29, 1.82) is 0 Å². The van der Waals surface area contributed by atoms with Crippen LogP contribution in [0.15, 0.2) is 69.9 Å². The zero-order valence-corrected chi connectivity index (χ0v) is 23.8. The SMILES string of the molecule is CC.CNC1(C(=O)Nc2ccc3sc4c(-c5cccc6c(=O)cc(N7CCOCC7)oc56)cccc4c3c2)CC1. The molecule has 1 aliphatic heterocycles. The van der Waals surface area contributed by atoms with E-state index < -0.39 is 5.54 Å². The van der Waals surface area contributed by atoms with E-state index in [2.05, 4.69) is 39.8 Å². The summed E-state index contributed by atoms with van der Waals surface area (Å²) in [7, 11) is 1.84. The van der Waals surface area contributed by atoms with E-state index >= 15 is 0 Å². The summed E-state index contributed by atoms with van der Waals surface area (Å²) in [5.41, 5.74) is 2.83. The molecule has 1 aliphatic carbocycles. The van der Waals surface area contributed by atoms with Crippen LogP contribution in [-0.4, -0.2) is 44.8 Å². The Bertz CT molecular complexity index is 1780. The number of anilines is 2. The molecule has 0 radical (unpaired) electrons. The molecule has 2 aromatic heterocycles. The number of morpholine rings is 1. The third-order valence-electron chi connectivity index (χ3n) is 7.77. The highest BCUT2D eigenvalue weighted by Gasteiger charge is 2.48. The van der Waals surface area contributed by atoms with Crippen LogP contribution in [0.4, 0.5) is 11.6 Å². The molecule has 3 aromatic carbocycles. The van der Waals surface area contributed by atoms with Gasteiger partial charge in [-0.2, -0.15) is 0 Å². The number of carbonyl (C=O) groups excluding carboxylic acids is 1. The number of nitrogens with one attached hydrogen (secondary N) is 2. The zero-order chi connectivity index (χ0) is 27.9. The number of carbonyl (C=O) groups is 1.